The van der Waals surface area contributed by atoms with Crippen molar-refractivity contribution in [1.82, 2.24) is 5.32 Å². The number of ether oxygens (including phenoxy) is 3. The molecule has 0 fully saturated rings. The van der Waals surface area contributed by atoms with Crippen LogP contribution in [-0.2, 0) is 0 Å². The molecule has 6 heteroatoms. The van der Waals surface area contributed by atoms with Crippen molar-refractivity contribution in [2.45, 2.75) is 19.8 Å². The summed E-state index contributed by atoms with van der Waals surface area (Å²) in [7, 11) is 3.11. The number of methoxy groups -OCH3 is 2. The molecule has 6 nitrogen and oxygen atoms in total. The molecule has 0 heterocycles. The molecular formula is C20H26N2O4. The number of para-hydroxylation sites is 1. The number of nitrogens with one attached hydrogen (secondary N) is 2. The van der Waals surface area contributed by atoms with Crippen LogP contribution in [0.1, 0.15) is 25.3 Å². The predicted molar refractivity (Wildman–Crippen MR) is 103 cm³/mol. The van der Waals surface area contributed by atoms with Gasteiger partial charge >= 0.3 is 6.03 Å². The van der Waals surface area contributed by atoms with Crippen LogP contribution in [0.5, 0.6) is 17.2 Å². The molecule has 2 aromatic carbocycles. The number of anilines is 1. The lowest BCUT2D eigenvalue weighted by Gasteiger charge is -2.15. The smallest absolute Gasteiger partial charge is 0.319 e. The summed E-state index contributed by atoms with van der Waals surface area (Å²) in [6, 6.07) is 12.8. The lowest BCUT2D eigenvalue weighted by atomic mass is 10.0. The molecule has 0 unspecified atom stereocenters. The number of hydrogen-bond donors (Lipinski definition) is 2. The minimum Gasteiger partial charge on any atom is -0.497 e. The van der Waals surface area contributed by atoms with Crippen LogP contribution in [0.3, 0.4) is 0 Å². The Morgan fingerprint density at radius 2 is 1.81 bits per heavy atom. The van der Waals surface area contributed by atoms with Crippen LogP contribution in [0.25, 0.3) is 0 Å². The summed E-state index contributed by atoms with van der Waals surface area (Å²) in [6.45, 7) is 5.00. The molecule has 26 heavy (non-hydrogen) atoms. The van der Waals surface area contributed by atoms with Crippen molar-refractivity contribution in [2.24, 2.45) is 0 Å². The van der Waals surface area contributed by atoms with Gasteiger partial charge in [-0.15, -0.1) is 0 Å². The molecule has 0 aliphatic carbocycles. The second-order valence-electron chi connectivity index (χ2n) is 5.99. The van der Waals surface area contributed by atoms with Crippen LogP contribution >= 0.6 is 0 Å². The first-order valence-corrected chi connectivity index (χ1v) is 8.53. The second-order valence-corrected chi connectivity index (χ2v) is 5.99. The molecule has 2 amide bonds. The minimum absolute atomic E-state index is 0.336. The highest BCUT2D eigenvalue weighted by Crippen LogP contribution is 2.28. The third kappa shape index (κ3) is 5.31. The van der Waals surface area contributed by atoms with Crippen LogP contribution in [0, 0.1) is 0 Å². The van der Waals surface area contributed by atoms with Gasteiger partial charge in [0.15, 0.2) is 0 Å². The van der Waals surface area contributed by atoms with E-state index in [4.69, 9.17) is 14.2 Å². The summed E-state index contributed by atoms with van der Waals surface area (Å²) in [4.78, 5) is 12.1. The maximum absolute atomic E-state index is 12.1. The van der Waals surface area contributed by atoms with E-state index in [1.165, 1.54) is 0 Å². The van der Waals surface area contributed by atoms with Gasteiger partial charge in [0.1, 0.15) is 23.9 Å². The molecule has 0 radical (unpaired) electrons. The highest BCUT2D eigenvalue weighted by molar-refractivity contribution is 5.91. The number of hydrogen-bond acceptors (Lipinski definition) is 4. The zero-order chi connectivity index (χ0) is 18.9. The van der Waals surface area contributed by atoms with Crippen molar-refractivity contribution < 1.29 is 19.0 Å². The normalized spacial score (nSPS) is 10.3. The van der Waals surface area contributed by atoms with Gasteiger partial charge in [0.2, 0.25) is 0 Å². The highest BCUT2D eigenvalue weighted by Gasteiger charge is 2.09. The summed E-state index contributed by atoms with van der Waals surface area (Å²) in [5.74, 6) is 2.42. The zero-order valence-electron chi connectivity index (χ0n) is 15.7. The van der Waals surface area contributed by atoms with Crippen molar-refractivity contribution in [1.29, 1.82) is 0 Å². The highest BCUT2D eigenvalue weighted by atomic mass is 16.5. The van der Waals surface area contributed by atoms with Crippen molar-refractivity contribution in [2.75, 3.05) is 32.7 Å². The predicted octanol–water partition coefficient (Wildman–Crippen LogP) is 4.03. The number of carbonyl (C=O) groups is 1. The van der Waals surface area contributed by atoms with Gasteiger partial charge in [-0.2, -0.15) is 0 Å². The average molecular weight is 358 g/mol. The first kappa shape index (κ1) is 19.4. The van der Waals surface area contributed by atoms with Crippen molar-refractivity contribution in [3.8, 4) is 17.2 Å². The van der Waals surface area contributed by atoms with Crippen LogP contribution in [0.4, 0.5) is 10.5 Å². The molecule has 2 rings (SSSR count). The molecule has 0 aromatic heterocycles. The van der Waals surface area contributed by atoms with Crippen LogP contribution in [-0.4, -0.2) is 33.4 Å². The summed E-state index contributed by atoms with van der Waals surface area (Å²) >= 11 is 0. The van der Waals surface area contributed by atoms with E-state index in [0.29, 0.717) is 36.3 Å². The number of urea groups is 1. The van der Waals surface area contributed by atoms with E-state index in [9.17, 15) is 4.79 Å². The number of rotatable bonds is 8. The molecule has 0 saturated heterocycles. The van der Waals surface area contributed by atoms with Gasteiger partial charge in [0.05, 0.1) is 26.5 Å². The fraction of sp³-hybridized carbons (Fsp3) is 0.350. The van der Waals surface area contributed by atoms with Gasteiger partial charge in [0, 0.05) is 6.07 Å². The molecule has 0 aliphatic heterocycles. The zero-order valence-corrected chi connectivity index (χ0v) is 15.7. The minimum atomic E-state index is -0.336. The molecule has 0 saturated carbocycles. The van der Waals surface area contributed by atoms with Gasteiger partial charge < -0.3 is 24.8 Å². The van der Waals surface area contributed by atoms with Gasteiger partial charge in [0.25, 0.3) is 0 Å². The topological polar surface area (TPSA) is 68.8 Å². The standard InChI is InChI=1S/C20H26N2O4/c1-14(2)16-7-5-6-8-18(16)26-12-11-21-20(23)22-17-13-15(24-3)9-10-19(17)25-4/h5-10,13-14H,11-12H2,1-4H3,(H2,21,22,23). The Bertz CT molecular complexity index is 732. The number of benzene rings is 2. The molecular weight excluding hydrogens is 332 g/mol. The van der Waals surface area contributed by atoms with E-state index in [1.54, 1.807) is 32.4 Å². The molecule has 0 atom stereocenters. The quantitative estimate of drug-likeness (QED) is 0.699. The van der Waals surface area contributed by atoms with E-state index in [-0.39, 0.29) is 6.03 Å². The van der Waals surface area contributed by atoms with Crippen LogP contribution < -0.4 is 24.8 Å². The van der Waals surface area contributed by atoms with E-state index < -0.39 is 0 Å². The maximum Gasteiger partial charge on any atom is 0.319 e. The average Bonchev–Trinajstić information content (AvgIpc) is 2.65. The molecule has 0 bridgehead atoms. The maximum atomic E-state index is 12.1. The van der Waals surface area contributed by atoms with Gasteiger partial charge in [-0.05, 0) is 29.7 Å². The van der Waals surface area contributed by atoms with Crippen LogP contribution in [0.15, 0.2) is 42.5 Å². The third-order valence-corrected chi connectivity index (χ3v) is 3.84. The number of amides is 2. The summed E-state index contributed by atoms with van der Waals surface area (Å²) < 4.78 is 16.2. The van der Waals surface area contributed by atoms with E-state index in [2.05, 4.69) is 30.5 Å². The molecule has 0 spiro atoms. The summed E-state index contributed by atoms with van der Waals surface area (Å²) in [5, 5.41) is 5.52. The Hall–Kier alpha value is -2.89. The van der Waals surface area contributed by atoms with Crippen LogP contribution in [0.2, 0.25) is 0 Å². The molecule has 0 aliphatic rings. The Morgan fingerprint density at radius 3 is 2.50 bits per heavy atom. The van der Waals surface area contributed by atoms with E-state index in [0.717, 1.165) is 11.3 Å². The second kappa shape index (κ2) is 9.56. The lowest BCUT2D eigenvalue weighted by molar-refractivity contribution is 0.247. The lowest BCUT2D eigenvalue weighted by Crippen LogP contribution is -2.32. The van der Waals surface area contributed by atoms with Crippen molar-refractivity contribution in [3.63, 3.8) is 0 Å². The van der Waals surface area contributed by atoms with Crippen molar-refractivity contribution >= 4 is 11.7 Å². The monoisotopic (exact) mass is 358 g/mol. The van der Waals surface area contributed by atoms with E-state index in [1.807, 2.05) is 18.2 Å². The van der Waals surface area contributed by atoms with Gasteiger partial charge in [-0.25, -0.2) is 4.79 Å². The fourth-order valence-electron chi connectivity index (χ4n) is 2.49. The summed E-state index contributed by atoms with van der Waals surface area (Å²) in [5.41, 5.74) is 1.69. The first-order valence-electron chi connectivity index (χ1n) is 8.53. The number of carbonyl (C=O) groups excluding carboxylic acids is 1. The van der Waals surface area contributed by atoms with E-state index >= 15 is 0 Å². The molecule has 2 N–H and O–H groups in total. The third-order valence-electron chi connectivity index (χ3n) is 3.84. The van der Waals surface area contributed by atoms with Crippen molar-refractivity contribution in [3.05, 3.63) is 48.0 Å². The Morgan fingerprint density at radius 1 is 1.04 bits per heavy atom. The largest absolute Gasteiger partial charge is 0.497 e. The Labute approximate surface area is 154 Å². The molecule has 2 aromatic rings. The molecule has 140 valence electrons. The van der Waals surface area contributed by atoms with Gasteiger partial charge in [-0.1, -0.05) is 32.0 Å². The SMILES string of the molecule is COc1ccc(OC)c(NC(=O)NCCOc2ccccc2C(C)C)c1. The first-order chi connectivity index (χ1) is 12.5. The fourth-order valence-corrected chi connectivity index (χ4v) is 2.49. The Balaban J connectivity index is 1.85. The summed E-state index contributed by atoms with van der Waals surface area (Å²) in [6.07, 6.45) is 0. The Kier molecular flexibility index (Phi) is 7.14. The van der Waals surface area contributed by atoms with Gasteiger partial charge in [-0.3, -0.25) is 0 Å².